The van der Waals surface area contributed by atoms with E-state index in [2.05, 4.69) is 37.0 Å². The van der Waals surface area contributed by atoms with Gasteiger partial charge < -0.3 is 9.47 Å². The van der Waals surface area contributed by atoms with E-state index in [9.17, 15) is 0 Å². The van der Waals surface area contributed by atoms with Crippen LogP contribution in [0.3, 0.4) is 0 Å². The third kappa shape index (κ3) is 4.80. The molecule has 1 unspecified atom stereocenters. The molecule has 3 rings (SSSR count). The average Bonchev–Trinajstić information content (AvgIpc) is 2.59. The molecule has 3 heteroatoms. The molecule has 2 heterocycles. The Hall–Kier alpha value is -1.87. The number of nitrogens with zero attached hydrogens (tertiary/aromatic N) is 1. The molecular formula is C20H27NO2. The van der Waals surface area contributed by atoms with E-state index in [0.29, 0.717) is 0 Å². The zero-order chi connectivity index (χ0) is 16.7. The van der Waals surface area contributed by atoms with E-state index in [0.717, 1.165) is 36.5 Å². The van der Waals surface area contributed by atoms with E-state index in [1.807, 2.05) is 32.2 Å². The number of hydrogen-bond acceptors (Lipinski definition) is 3. The van der Waals surface area contributed by atoms with Gasteiger partial charge >= 0.3 is 0 Å². The molecule has 0 N–H and O–H groups in total. The normalized spacial score (nSPS) is 17.1. The molecule has 2 aromatic rings. The Balaban J connectivity index is 0.000000924. The van der Waals surface area contributed by atoms with Crippen molar-refractivity contribution in [1.82, 2.24) is 4.98 Å². The van der Waals surface area contributed by atoms with Crippen LogP contribution in [0.15, 0.2) is 36.5 Å². The molecule has 1 aromatic heterocycles. The van der Waals surface area contributed by atoms with Crippen LogP contribution in [0, 0.1) is 13.8 Å². The highest BCUT2D eigenvalue weighted by molar-refractivity contribution is 5.63. The minimum absolute atomic E-state index is 0.0937. The van der Waals surface area contributed by atoms with Crippen molar-refractivity contribution in [2.24, 2.45) is 0 Å². The minimum Gasteiger partial charge on any atom is -0.465 e. The second kappa shape index (κ2) is 8.68. The summed E-state index contributed by atoms with van der Waals surface area (Å²) in [5, 5.41) is 0. The second-order valence-electron chi connectivity index (χ2n) is 5.62. The van der Waals surface area contributed by atoms with Crippen LogP contribution in [-0.2, 0) is 4.74 Å². The fourth-order valence-corrected chi connectivity index (χ4v) is 2.66. The minimum atomic E-state index is -0.0937. The summed E-state index contributed by atoms with van der Waals surface area (Å²) in [6.07, 6.45) is 5.10. The number of benzene rings is 1. The van der Waals surface area contributed by atoms with Gasteiger partial charge in [0, 0.05) is 18.2 Å². The summed E-state index contributed by atoms with van der Waals surface area (Å²) in [4.78, 5) is 4.53. The first-order chi connectivity index (χ1) is 11.2. The van der Waals surface area contributed by atoms with Gasteiger partial charge in [-0.2, -0.15) is 0 Å². The van der Waals surface area contributed by atoms with Gasteiger partial charge in [-0.05, 0) is 62.1 Å². The van der Waals surface area contributed by atoms with Crippen LogP contribution in [0.1, 0.15) is 44.2 Å². The lowest BCUT2D eigenvalue weighted by atomic mass is 10.1. The molecular weight excluding hydrogens is 286 g/mol. The molecule has 1 fully saturated rings. The molecule has 1 aromatic carbocycles. The van der Waals surface area contributed by atoms with Crippen molar-refractivity contribution in [2.45, 2.75) is 53.2 Å². The number of rotatable bonds is 3. The zero-order valence-electron chi connectivity index (χ0n) is 14.6. The predicted molar refractivity (Wildman–Crippen MR) is 94.7 cm³/mol. The largest absolute Gasteiger partial charge is 0.465 e. The third-order valence-corrected chi connectivity index (χ3v) is 3.75. The molecule has 0 spiro atoms. The van der Waals surface area contributed by atoms with Crippen LogP contribution in [0.25, 0.3) is 11.3 Å². The Bertz CT molecular complexity index is 602. The molecule has 0 saturated carbocycles. The molecule has 0 aliphatic carbocycles. The van der Waals surface area contributed by atoms with E-state index in [-0.39, 0.29) is 6.29 Å². The van der Waals surface area contributed by atoms with Crippen molar-refractivity contribution >= 4 is 0 Å². The molecule has 3 nitrogen and oxygen atoms in total. The average molecular weight is 313 g/mol. The highest BCUT2D eigenvalue weighted by Crippen LogP contribution is 2.25. The van der Waals surface area contributed by atoms with Crippen molar-refractivity contribution < 1.29 is 9.47 Å². The first-order valence-corrected chi connectivity index (χ1v) is 8.54. The molecule has 0 amide bonds. The summed E-state index contributed by atoms with van der Waals surface area (Å²) in [6.45, 7) is 8.95. The summed E-state index contributed by atoms with van der Waals surface area (Å²) in [5.41, 5.74) is 4.52. The lowest BCUT2D eigenvalue weighted by molar-refractivity contribution is -0.105. The van der Waals surface area contributed by atoms with E-state index in [1.165, 1.54) is 17.5 Å². The number of ether oxygens (including phenoxy) is 2. The van der Waals surface area contributed by atoms with Gasteiger partial charge in [-0.25, -0.2) is 0 Å². The van der Waals surface area contributed by atoms with Crippen LogP contribution in [0.4, 0.5) is 0 Å². The summed E-state index contributed by atoms with van der Waals surface area (Å²) in [7, 11) is 0. The Kier molecular flexibility index (Phi) is 6.60. The van der Waals surface area contributed by atoms with Gasteiger partial charge in [0.1, 0.15) is 5.75 Å². The third-order valence-electron chi connectivity index (χ3n) is 3.75. The monoisotopic (exact) mass is 313 g/mol. The second-order valence-corrected chi connectivity index (χ2v) is 5.62. The van der Waals surface area contributed by atoms with E-state index < -0.39 is 0 Å². The van der Waals surface area contributed by atoms with Crippen molar-refractivity contribution in [1.29, 1.82) is 0 Å². The summed E-state index contributed by atoms with van der Waals surface area (Å²) in [6, 6.07) is 10.3. The Morgan fingerprint density at radius 3 is 2.43 bits per heavy atom. The van der Waals surface area contributed by atoms with Gasteiger partial charge in [0.05, 0.1) is 12.3 Å². The van der Waals surface area contributed by atoms with Gasteiger partial charge in [0.15, 0.2) is 6.29 Å². The van der Waals surface area contributed by atoms with E-state index in [4.69, 9.17) is 9.47 Å². The predicted octanol–water partition coefficient (Wildman–Crippen LogP) is 5.30. The molecule has 1 atom stereocenters. The summed E-state index contributed by atoms with van der Waals surface area (Å²) < 4.78 is 11.4. The number of hydrogen-bond donors (Lipinski definition) is 0. The Morgan fingerprint density at radius 2 is 1.83 bits per heavy atom. The van der Waals surface area contributed by atoms with Crippen molar-refractivity contribution in [3.05, 3.63) is 47.7 Å². The fourth-order valence-electron chi connectivity index (χ4n) is 2.66. The maximum absolute atomic E-state index is 5.85. The van der Waals surface area contributed by atoms with Gasteiger partial charge in [0.25, 0.3) is 0 Å². The highest BCUT2D eigenvalue weighted by atomic mass is 16.7. The molecule has 23 heavy (non-hydrogen) atoms. The molecule has 0 radical (unpaired) electrons. The Morgan fingerprint density at radius 1 is 1.09 bits per heavy atom. The van der Waals surface area contributed by atoms with E-state index >= 15 is 0 Å². The first-order valence-electron chi connectivity index (χ1n) is 8.54. The van der Waals surface area contributed by atoms with Crippen molar-refractivity contribution in [2.75, 3.05) is 6.61 Å². The van der Waals surface area contributed by atoms with Crippen LogP contribution in [-0.4, -0.2) is 17.9 Å². The zero-order valence-corrected chi connectivity index (χ0v) is 14.6. The Labute approximate surface area is 139 Å². The molecule has 1 aliphatic heterocycles. The summed E-state index contributed by atoms with van der Waals surface area (Å²) in [5.74, 6) is 0.857. The number of aromatic nitrogens is 1. The SMILES string of the molecule is CC.Cc1cnc(-c2ccc(OC3CCCCO3)cc2)c(C)c1. The number of aryl methyl sites for hydroxylation is 2. The fraction of sp³-hybridized carbons (Fsp3) is 0.450. The maximum atomic E-state index is 5.85. The topological polar surface area (TPSA) is 31.4 Å². The van der Waals surface area contributed by atoms with E-state index in [1.54, 1.807) is 0 Å². The maximum Gasteiger partial charge on any atom is 0.199 e. The van der Waals surface area contributed by atoms with Gasteiger partial charge in [-0.3, -0.25) is 4.98 Å². The summed E-state index contributed by atoms with van der Waals surface area (Å²) >= 11 is 0. The van der Waals surface area contributed by atoms with Gasteiger partial charge in [-0.1, -0.05) is 19.9 Å². The van der Waals surface area contributed by atoms with Gasteiger partial charge in [0.2, 0.25) is 0 Å². The quantitative estimate of drug-likeness (QED) is 0.771. The standard InChI is InChI=1S/C18H21NO2.C2H6/c1-13-11-14(2)18(19-12-13)15-6-8-16(9-7-15)21-17-5-3-4-10-20-17;1-2/h6-9,11-12,17H,3-5,10H2,1-2H3;1-2H3. The van der Waals surface area contributed by atoms with Crippen LogP contribution >= 0.6 is 0 Å². The van der Waals surface area contributed by atoms with Gasteiger partial charge in [-0.15, -0.1) is 0 Å². The van der Waals surface area contributed by atoms with Crippen LogP contribution in [0.2, 0.25) is 0 Å². The molecule has 0 bridgehead atoms. The van der Waals surface area contributed by atoms with Crippen molar-refractivity contribution in [3.8, 4) is 17.0 Å². The smallest absolute Gasteiger partial charge is 0.199 e. The molecule has 124 valence electrons. The highest BCUT2D eigenvalue weighted by Gasteiger charge is 2.15. The molecule has 1 saturated heterocycles. The first kappa shape index (κ1) is 17.5. The lowest BCUT2D eigenvalue weighted by Crippen LogP contribution is -2.24. The van der Waals surface area contributed by atoms with Crippen molar-refractivity contribution in [3.63, 3.8) is 0 Å². The number of pyridine rings is 1. The lowest BCUT2D eigenvalue weighted by Gasteiger charge is -2.23. The molecule has 1 aliphatic rings. The van der Waals surface area contributed by atoms with Crippen LogP contribution in [0.5, 0.6) is 5.75 Å². The van der Waals surface area contributed by atoms with Crippen LogP contribution < -0.4 is 4.74 Å².